The van der Waals surface area contributed by atoms with E-state index in [9.17, 15) is 19.8 Å². The second-order valence-electron chi connectivity index (χ2n) is 7.83. The third-order valence-electron chi connectivity index (χ3n) is 4.46. The number of aromatic hydroxyl groups is 1. The van der Waals surface area contributed by atoms with Crippen LogP contribution in [-0.4, -0.2) is 44.2 Å². The number of ether oxygens (including phenoxy) is 1. The average molecular weight is 387 g/mol. The maximum absolute atomic E-state index is 11.8. The molecule has 3 rings (SSSR count). The highest BCUT2D eigenvalue weighted by atomic mass is 16.6. The molecule has 8 heteroatoms. The lowest BCUT2D eigenvalue weighted by molar-refractivity contribution is 0.0524. The van der Waals surface area contributed by atoms with Gasteiger partial charge in [0.25, 0.3) is 0 Å². The Morgan fingerprint density at radius 3 is 2.71 bits per heavy atom. The number of nitrogens with one attached hydrogen (secondary N) is 1. The van der Waals surface area contributed by atoms with E-state index in [0.717, 1.165) is 11.1 Å². The number of phenolic OH excluding ortho intramolecular Hbond substituents is 1. The molecule has 0 saturated heterocycles. The fourth-order valence-electron chi connectivity index (χ4n) is 3.36. The van der Waals surface area contributed by atoms with Crippen LogP contribution < -0.4 is 5.32 Å². The van der Waals surface area contributed by atoms with Gasteiger partial charge in [-0.15, -0.1) is 0 Å². The number of benzene rings is 1. The highest BCUT2D eigenvalue weighted by molar-refractivity contribution is 5.91. The molecule has 1 aromatic heterocycles. The molecule has 150 valence electrons. The maximum atomic E-state index is 11.8. The van der Waals surface area contributed by atoms with E-state index in [1.165, 1.54) is 4.68 Å². The molecule has 0 atom stereocenters. The lowest BCUT2D eigenvalue weighted by Gasteiger charge is -2.19. The summed E-state index contributed by atoms with van der Waals surface area (Å²) >= 11 is 0. The van der Waals surface area contributed by atoms with E-state index in [1.807, 2.05) is 0 Å². The van der Waals surface area contributed by atoms with Gasteiger partial charge in [-0.2, -0.15) is 5.10 Å². The maximum Gasteiger partial charge on any atom is 0.407 e. The van der Waals surface area contributed by atoms with Gasteiger partial charge in [0.1, 0.15) is 17.0 Å². The first-order valence-corrected chi connectivity index (χ1v) is 9.28. The van der Waals surface area contributed by atoms with Gasteiger partial charge in [0.05, 0.1) is 5.69 Å². The Labute approximate surface area is 163 Å². The number of carbonyl (C=O) groups is 2. The number of hydrogen-bond donors (Lipinski definition) is 3. The summed E-state index contributed by atoms with van der Waals surface area (Å²) in [6.07, 6.45) is 1.23. The van der Waals surface area contributed by atoms with Crippen molar-refractivity contribution in [1.82, 2.24) is 15.1 Å². The summed E-state index contributed by atoms with van der Waals surface area (Å²) in [6, 6.07) is 5.05. The highest BCUT2D eigenvalue weighted by Crippen LogP contribution is 2.36. The Bertz CT molecular complexity index is 911. The Morgan fingerprint density at radius 1 is 1.29 bits per heavy atom. The van der Waals surface area contributed by atoms with Crippen LogP contribution in [0.4, 0.5) is 4.79 Å². The molecule has 0 bridgehead atoms. The number of carbonyl (C=O) groups excluding carboxylic acids is 1. The van der Waals surface area contributed by atoms with Crippen molar-refractivity contribution in [2.24, 2.45) is 0 Å². The van der Waals surface area contributed by atoms with Crippen molar-refractivity contribution in [2.45, 2.75) is 52.2 Å². The van der Waals surface area contributed by atoms with Crippen LogP contribution in [0.15, 0.2) is 18.2 Å². The second-order valence-corrected chi connectivity index (χ2v) is 7.83. The Hall–Kier alpha value is -3.03. The van der Waals surface area contributed by atoms with E-state index in [2.05, 4.69) is 10.4 Å². The minimum Gasteiger partial charge on any atom is -0.508 e. The van der Waals surface area contributed by atoms with Gasteiger partial charge in [-0.25, -0.2) is 9.59 Å². The van der Waals surface area contributed by atoms with Gasteiger partial charge in [-0.1, -0.05) is 0 Å². The molecule has 0 aliphatic heterocycles. The summed E-state index contributed by atoms with van der Waals surface area (Å²) in [5.74, 6) is -0.829. The van der Waals surface area contributed by atoms with Gasteiger partial charge in [-0.3, -0.25) is 4.68 Å². The summed E-state index contributed by atoms with van der Waals surface area (Å²) in [5.41, 5.74) is 2.80. The van der Waals surface area contributed by atoms with Crippen LogP contribution in [0.25, 0.3) is 11.3 Å². The molecule has 0 fully saturated rings. The quantitative estimate of drug-likeness (QED) is 0.680. The summed E-state index contributed by atoms with van der Waals surface area (Å²) < 4.78 is 6.67. The minimum atomic E-state index is -1.02. The van der Waals surface area contributed by atoms with Gasteiger partial charge in [0.15, 0.2) is 0 Å². The fourth-order valence-corrected chi connectivity index (χ4v) is 3.36. The third kappa shape index (κ3) is 4.27. The lowest BCUT2D eigenvalue weighted by Crippen LogP contribution is -2.33. The number of alkyl carbamates (subject to hydrolysis) is 1. The van der Waals surface area contributed by atoms with Gasteiger partial charge in [-0.05, 0) is 63.8 Å². The highest BCUT2D eigenvalue weighted by Gasteiger charge is 2.28. The average Bonchev–Trinajstić information content (AvgIpc) is 2.95. The molecule has 2 aromatic rings. The van der Waals surface area contributed by atoms with Crippen LogP contribution in [0.3, 0.4) is 0 Å². The van der Waals surface area contributed by atoms with Crippen molar-refractivity contribution in [3.05, 3.63) is 35.0 Å². The smallest absolute Gasteiger partial charge is 0.407 e. The van der Waals surface area contributed by atoms with Gasteiger partial charge in [0.2, 0.25) is 0 Å². The Morgan fingerprint density at radius 2 is 2.04 bits per heavy atom. The molecule has 1 aliphatic carbocycles. The first-order valence-electron chi connectivity index (χ1n) is 9.28. The SMILES string of the molecule is CC(C)(C)OC(=O)NCCCn1nc2c(c1C(=O)O)CCc1cc(O)ccc1-2. The zero-order valence-corrected chi connectivity index (χ0v) is 16.3. The second kappa shape index (κ2) is 7.53. The van der Waals surface area contributed by atoms with E-state index >= 15 is 0 Å². The predicted octanol–water partition coefficient (Wildman–Crippen LogP) is 2.97. The Kier molecular flexibility index (Phi) is 5.31. The fraction of sp³-hybridized carbons (Fsp3) is 0.450. The third-order valence-corrected chi connectivity index (χ3v) is 4.46. The van der Waals surface area contributed by atoms with Gasteiger partial charge >= 0.3 is 12.1 Å². The van der Waals surface area contributed by atoms with Crippen LogP contribution in [0.1, 0.15) is 48.8 Å². The first kappa shape index (κ1) is 19.7. The van der Waals surface area contributed by atoms with Crippen molar-refractivity contribution in [3.63, 3.8) is 0 Å². The van der Waals surface area contributed by atoms with E-state index < -0.39 is 17.7 Å². The van der Waals surface area contributed by atoms with E-state index in [0.29, 0.717) is 43.6 Å². The normalized spacial score (nSPS) is 12.8. The minimum absolute atomic E-state index is 0.186. The molecular weight excluding hydrogens is 362 g/mol. The van der Waals surface area contributed by atoms with Crippen LogP contribution in [0.2, 0.25) is 0 Å². The molecule has 0 radical (unpaired) electrons. The largest absolute Gasteiger partial charge is 0.508 e. The molecule has 8 nitrogen and oxygen atoms in total. The number of carboxylic acids is 1. The number of aromatic nitrogens is 2. The molecule has 1 heterocycles. The molecular formula is C20H25N3O5. The Balaban J connectivity index is 1.73. The zero-order chi connectivity index (χ0) is 20.5. The molecule has 0 spiro atoms. The van der Waals surface area contributed by atoms with E-state index in [1.54, 1.807) is 39.0 Å². The van der Waals surface area contributed by atoms with E-state index in [-0.39, 0.29) is 11.4 Å². The summed E-state index contributed by atoms with van der Waals surface area (Å²) in [5, 5.41) is 26.6. The summed E-state index contributed by atoms with van der Waals surface area (Å²) in [7, 11) is 0. The number of rotatable bonds is 5. The molecule has 1 amide bonds. The topological polar surface area (TPSA) is 114 Å². The number of carboxylic acid groups (broad SMARTS) is 1. The monoisotopic (exact) mass is 387 g/mol. The zero-order valence-electron chi connectivity index (χ0n) is 16.3. The number of nitrogens with zero attached hydrogens (tertiary/aromatic N) is 2. The van der Waals surface area contributed by atoms with Crippen LogP contribution in [0, 0.1) is 0 Å². The van der Waals surface area contributed by atoms with E-state index in [4.69, 9.17) is 4.74 Å². The molecule has 1 aromatic carbocycles. The van der Waals surface area contributed by atoms with Crippen LogP contribution >= 0.6 is 0 Å². The van der Waals surface area contributed by atoms with Gasteiger partial charge < -0.3 is 20.3 Å². The molecule has 28 heavy (non-hydrogen) atoms. The molecule has 0 saturated carbocycles. The van der Waals surface area contributed by atoms with Crippen molar-refractivity contribution in [1.29, 1.82) is 0 Å². The lowest BCUT2D eigenvalue weighted by atomic mass is 9.89. The number of fused-ring (bicyclic) bond motifs is 3. The van der Waals surface area contributed by atoms with Gasteiger partial charge in [0, 0.05) is 24.2 Å². The van der Waals surface area contributed by atoms with Crippen molar-refractivity contribution in [3.8, 4) is 17.0 Å². The summed E-state index contributed by atoms with van der Waals surface area (Å²) in [6.45, 7) is 6.08. The predicted molar refractivity (Wildman–Crippen MR) is 103 cm³/mol. The van der Waals surface area contributed by atoms with Crippen LogP contribution in [0.5, 0.6) is 5.75 Å². The molecule has 0 unspecified atom stereocenters. The molecule has 3 N–H and O–H groups in total. The van der Waals surface area contributed by atoms with Crippen molar-refractivity contribution in [2.75, 3.05) is 6.54 Å². The standard InChI is InChI=1S/C20H25N3O5/c1-20(2,3)28-19(27)21-9-4-10-23-17(18(25)26)15-7-5-12-11-13(24)6-8-14(12)16(15)22-23/h6,8,11,24H,4-5,7,9-10H2,1-3H3,(H,21,27)(H,25,26). The summed E-state index contributed by atoms with van der Waals surface area (Å²) in [4.78, 5) is 23.5. The van der Waals surface area contributed by atoms with Crippen LogP contribution in [-0.2, 0) is 24.1 Å². The number of amides is 1. The number of hydrogen-bond acceptors (Lipinski definition) is 5. The van der Waals surface area contributed by atoms with Crippen molar-refractivity contribution < 1.29 is 24.5 Å². The number of aromatic carboxylic acids is 1. The number of phenols is 1. The van der Waals surface area contributed by atoms with Crippen molar-refractivity contribution >= 4 is 12.1 Å². The molecule has 1 aliphatic rings. The number of aryl methyl sites for hydroxylation is 2. The first-order chi connectivity index (χ1) is 13.2.